The lowest BCUT2D eigenvalue weighted by atomic mass is 10.1. The van der Waals surface area contributed by atoms with Crippen molar-refractivity contribution in [3.8, 4) is 5.75 Å². The first-order valence-electron chi connectivity index (χ1n) is 7.12. The SMILES string of the molecule is COc1ccc2cc(/C=C3/NC(=S)N(CC(=O)O)C3=O)ccc2c1. The highest BCUT2D eigenvalue weighted by Gasteiger charge is 2.31. The Hall–Kier alpha value is -2.93. The van der Waals surface area contributed by atoms with Crippen molar-refractivity contribution in [2.45, 2.75) is 0 Å². The highest BCUT2D eigenvalue weighted by molar-refractivity contribution is 7.80. The lowest BCUT2D eigenvalue weighted by Crippen LogP contribution is -2.35. The number of carboxylic acids is 1. The number of carbonyl (C=O) groups is 2. The summed E-state index contributed by atoms with van der Waals surface area (Å²) in [5, 5.41) is 13.7. The number of nitrogens with one attached hydrogen (secondary N) is 1. The van der Waals surface area contributed by atoms with Crippen LogP contribution in [0.15, 0.2) is 42.1 Å². The van der Waals surface area contributed by atoms with Crippen LogP contribution in [0, 0.1) is 0 Å². The number of rotatable bonds is 4. The molecule has 0 aromatic heterocycles. The predicted molar refractivity (Wildman–Crippen MR) is 93.6 cm³/mol. The minimum absolute atomic E-state index is 0.0965. The van der Waals surface area contributed by atoms with E-state index in [0.29, 0.717) is 0 Å². The van der Waals surface area contributed by atoms with Crippen LogP contribution in [0.4, 0.5) is 0 Å². The molecule has 6 nitrogen and oxygen atoms in total. The van der Waals surface area contributed by atoms with Crippen LogP contribution < -0.4 is 10.1 Å². The van der Waals surface area contributed by atoms with Crippen LogP contribution in [0.1, 0.15) is 5.56 Å². The normalized spacial score (nSPS) is 15.9. The number of nitrogens with zero attached hydrogens (tertiary/aromatic N) is 1. The monoisotopic (exact) mass is 342 g/mol. The predicted octanol–water partition coefficient (Wildman–Crippen LogP) is 1.99. The van der Waals surface area contributed by atoms with Crippen LogP contribution in [0.3, 0.4) is 0 Å². The van der Waals surface area contributed by atoms with Gasteiger partial charge in [-0.15, -0.1) is 0 Å². The van der Waals surface area contributed by atoms with Gasteiger partial charge in [0.2, 0.25) is 0 Å². The van der Waals surface area contributed by atoms with Crippen molar-refractivity contribution in [1.82, 2.24) is 10.2 Å². The zero-order valence-electron chi connectivity index (χ0n) is 12.8. The van der Waals surface area contributed by atoms with Crippen molar-refractivity contribution in [2.24, 2.45) is 0 Å². The average molecular weight is 342 g/mol. The molecule has 0 bridgehead atoms. The molecular formula is C17H14N2O4S. The summed E-state index contributed by atoms with van der Waals surface area (Å²) in [5.41, 5.74) is 1.07. The van der Waals surface area contributed by atoms with E-state index >= 15 is 0 Å². The van der Waals surface area contributed by atoms with E-state index in [1.165, 1.54) is 0 Å². The number of aliphatic carboxylic acids is 1. The Morgan fingerprint density at radius 1 is 1.29 bits per heavy atom. The van der Waals surface area contributed by atoms with Crippen LogP contribution in [0.2, 0.25) is 0 Å². The van der Waals surface area contributed by atoms with E-state index in [1.807, 2.05) is 36.4 Å². The van der Waals surface area contributed by atoms with Crippen molar-refractivity contribution < 1.29 is 19.4 Å². The Balaban J connectivity index is 1.91. The molecule has 0 spiro atoms. The third-order valence-electron chi connectivity index (χ3n) is 3.64. The summed E-state index contributed by atoms with van der Waals surface area (Å²) in [6, 6.07) is 11.4. The van der Waals surface area contributed by atoms with Gasteiger partial charge in [-0.2, -0.15) is 0 Å². The molecule has 2 aromatic rings. The van der Waals surface area contributed by atoms with Gasteiger partial charge in [-0.05, 0) is 52.8 Å². The molecule has 0 atom stereocenters. The third kappa shape index (κ3) is 3.07. The summed E-state index contributed by atoms with van der Waals surface area (Å²) in [6.45, 7) is -0.459. The summed E-state index contributed by atoms with van der Waals surface area (Å²) in [6.07, 6.45) is 1.65. The second kappa shape index (κ2) is 6.29. The van der Waals surface area contributed by atoms with E-state index in [9.17, 15) is 9.59 Å². The quantitative estimate of drug-likeness (QED) is 0.653. The largest absolute Gasteiger partial charge is 0.497 e. The summed E-state index contributed by atoms with van der Waals surface area (Å²) in [7, 11) is 1.61. The smallest absolute Gasteiger partial charge is 0.323 e. The number of hydrogen-bond acceptors (Lipinski definition) is 4. The zero-order chi connectivity index (χ0) is 17.3. The first kappa shape index (κ1) is 15.9. The molecule has 1 aliphatic heterocycles. The summed E-state index contributed by atoms with van der Waals surface area (Å²) in [5.74, 6) is -0.790. The Labute approximate surface area is 143 Å². The molecule has 0 aliphatic carbocycles. The van der Waals surface area contributed by atoms with Gasteiger partial charge in [-0.3, -0.25) is 14.5 Å². The van der Waals surface area contributed by atoms with Crippen LogP contribution in [0.25, 0.3) is 16.8 Å². The molecule has 1 heterocycles. The van der Waals surface area contributed by atoms with Crippen molar-refractivity contribution in [2.75, 3.05) is 13.7 Å². The van der Waals surface area contributed by atoms with E-state index in [2.05, 4.69) is 5.32 Å². The highest BCUT2D eigenvalue weighted by Crippen LogP contribution is 2.23. The van der Waals surface area contributed by atoms with Crippen LogP contribution in [-0.2, 0) is 9.59 Å². The third-order valence-corrected chi connectivity index (χ3v) is 3.96. The lowest BCUT2D eigenvalue weighted by molar-refractivity contribution is -0.140. The van der Waals surface area contributed by atoms with Gasteiger partial charge in [0, 0.05) is 0 Å². The molecule has 7 heteroatoms. The second-order valence-corrected chi connectivity index (χ2v) is 5.63. The maximum atomic E-state index is 12.2. The first-order chi connectivity index (χ1) is 11.5. The van der Waals surface area contributed by atoms with Gasteiger partial charge in [0.1, 0.15) is 18.0 Å². The molecular weight excluding hydrogens is 328 g/mol. The molecule has 1 aliphatic rings. The highest BCUT2D eigenvalue weighted by atomic mass is 32.1. The molecule has 1 fully saturated rings. The van der Waals surface area contributed by atoms with Gasteiger partial charge in [0.05, 0.1) is 7.11 Å². The van der Waals surface area contributed by atoms with Gasteiger partial charge in [-0.25, -0.2) is 0 Å². The molecule has 0 radical (unpaired) electrons. The van der Waals surface area contributed by atoms with E-state index in [4.69, 9.17) is 22.1 Å². The van der Waals surface area contributed by atoms with Gasteiger partial charge in [-0.1, -0.05) is 18.2 Å². The fourth-order valence-corrected chi connectivity index (χ4v) is 2.73. The van der Waals surface area contributed by atoms with Crippen molar-refractivity contribution in [3.63, 3.8) is 0 Å². The summed E-state index contributed by atoms with van der Waals surface area (Å²) < 4.78 is 5.20. The number of methoxy groups -OCH3 is 1. The standard InChI is InChI=1S/C17H14N2O4S/c1-23-13-5-4-11-6-10(2-3-12(11)8-13)7-14-16(22)19(9-15(20)21)17(24)18-14/h2-8H,9H2,1H3,(H,18,24)(H,20,21)/b14-7+. The van der Waals surface area contributed by atoms with E-state index in [0.717, 1.165) is 27.0 Å². The minimum Gasteiger partial charge on any atom is -0.497 e. The lowest BCUT2D eigenvalue weighted by Gasteiger charge is -2.09. The number of hydrogen-bond donors (Lipinski definition) is 2. The Kier molecular flexibility index (Phi) is 4.18. The molecule has 2 N–H and O–H groups in total. The number of thiocarbonyl (C=S) groups is 1. The molecule has 3 rings (SSSR count). The molecule has 1 saturated heterocycles. The van der Waals surface area contributed by atoms with Crippen molar-refractivity contribution in [1.29, 1.82) is 0 Å². The average Bonchev–Trinajstić information content (AvgIpc) is 2.81. The molecule has 122 valence electrons. The fraction of sp³-hybridized carbons (Fsp3) is 0.118. The van der Waals surface area contributed by atoms with Crippen LogP contribution in [0.5, 0.6) is 5.75 Å². The van der Waals surface area contributed by atoms with E-state index in [1.54, 1.807) is 13.2 Å². The molecule has 24 heavy (non-hydrogen) atoms. The maximum absolute atomic E-state index is 12.2. The molecule has 2 aromatic carbocycles. The fourth-order valence-electron chi connectivity index (χ4n) is 2.48. The topological polar surface area (TPSA) is 78.9 Å². The van der Waals surface area contributed by atoms with Gasteiger partial charge in [0.15, 0.2) is 5.11 Å². The summed E-state index contributed by atoms with van der Waals surface area (Å²) in [4.78, 5) is 24.1. The van der Waals surface area contributed by atoms with Crippen molar-refractivity contribution in [3.05, 3.63) is 47.7 Å². The number of benzene rings is 2. The van der Waals surface area contributed by atoms with Gasteiger partial charge < -0.3 is 15.2 Å². The van der Waals surface area contributed by atoms with Crippen LogP contribution in [-0.4, -0.2) is 40.6 Å². The van der Waals surface area contributed by atoms with Gasteiger partial charge >= 0.3 is 5.97 Å². The Morgan fingerprint density at radius 3 is 2.71 bits per heavy atom. The molecule has 0 unspecified atom stereocenters. The number of amides is 1. The van der Waals surface area contributed by atoms with Crippen LogP contribution >= 0.6 is 12.2 Å². The number of ether oxygens (including phenoxy) is 1. The number of carbonyl (C=O) groups excluding carboxylic acids is 1. The van der Waals surface area contributed by atoms with E-state index < -0.39 is 18.4 Å². The molecule has 0 saturated carbocycles. The maximum Gasteiger partial charge on any atom is 0.323 e. The van der Waals surface area contributed by atoms with Gasteiger partial charge in [0.25, 0.3) is 5.91 Å². The first-order valence-corrected chi connectivity index (χ1v) is 7.53. The van der Waals surface area contributed by atoms with Crippen molar-refractivity contribution >= 4 is 46.1 Å². The Bertz CT molecular complexity index is 891. The number of carboxylic acid groups (broad SMARTS) is 1. The van der Waals surface area contributed by atoms with E-state index in [-0.39, 0.29) is 10.8 Å². The number of fused-ring (bicyclic) bond motifs is 1. The molecule has 1 amide bonds. The minimum atomic E-state index is -1.12. The Morgan fingerprint density at radius 2 is 2.00 bits per heavy atom. The summed E-state index contributed by atoms with van der Waals surface area (Å²) >= 11 is 5.01. The second-order valence-electron chi connectivity index (χ2n) is 5.25. The zero-order valence-corrected chi connectivity index (χ0v) is 13.6.